The van der Waals surface area contributed by atoms with Crippen LogP contribution in [-0.2, 0) is 6.18 Å². The van der Waals surface area contributed by atoms with E-state index in [4.69, 9.17) is 0 Å². The molecule has 1 nitrogen and oxygen atoms in total. The predicted octanol–water partition coefficient (Wildman–Crippen LogP) is 5.04. The Morgan fingerprint density at radius 2 is 0.741 bits per heavy atom. The summed E-state index contributed by atoms with van der Waals surface area (Å²) in [6.45, 7) is 0. The molecule has 0 aliphatic heterocycles. The maximum atomic E-state index is 13.8. The highest BCUT2D eigenvalue weighted by Crippen LogP contribution is 2.40. The van der Waals surface area contributed by atoms with Crippen LogP contribution in [0, 0.1) is 52.4 Å². The predicted molar refractivity (Wildman–Crippen MR) is 61.6 cm³/mol. The van der Waals surface area contributed by atoms with E-state index in [0.717, 1.165) is 0 Å². The number of hydrogen-bond acceptors (Lipinski definition) is 1. The molecule has 1 N–H and O–H groups in total. The fourth-order valence-corrected chi connectivity index (χ4v) is 2.14. The van der Waals surface area contributed by atoms with E-state index >= 15 is 0 Å². The van der Waals surface area contributed by atoms with Crippen molar-refractivity contribution in [2.24, 2.45) is 0 Å². The highest BCUT2D eigenvalue weighted by atomic mass is 19.4. The van der Waals surface area contributed by atoms with Crippen molar-refractivity contribution in [3.8, 4) is 0 Å². The van der Waals surface area contributed by atoms with Crippen LogP contribution < -0.4 is 0 Å². The van der Waals surface area contributed by atoms with Crippen molar-refractivity contribution in [1.29, 1.82) is 0 Å². The summed E-state index contributed by atoms with van der Waals surface area (Å²) in [4.78, 5) is 0. The molecule has 0 spiro atoms. The van der Waals surface area contributed by atoms with Crippen LogP contribution in [0.15, 0.2) is 0 Å². The first kappa shape index (κ1) is 20.9. The zero-order chi connectivity index (χ0) is 21.0. The number of aliphatic hydroxyl groups is 1. The molecular formula is C14H2F12O. The van der Waals surface area contributed by atoms with Crippen LogP contribution >= 0.6 is 0 Å². The lowest BCUT2D eigenvalue weighted by Gasteiger charge is -2.19. The highest BCUT2D eigenvalue weighted by Gasteiger charge is 2.44. The van der Waals surface area contributed by atoms with Crippen molar-refractivity contribution in [2.75, 3.05) is 0 Å². The Hall–Kier alpha value is -2.44. The average molecular weight is 414 g/mol. The molecular weight excluding hydrogens is 412 g/mol. The summed E-state index contributed by atoms with van der Waals surface area (Å²) in [7, 11) is 0. The summed E-state index contributed by atoms with van der Waals surface area (Å²) in [5.74, 6) is -25.8. The minimum absolute atomic E-state index is 2.33. The highest BCUT2D eigenvalue weighted by molar-refractivity contribution is 5.39. The second kappa shape index (κ2) is 6.62. The fourth-order valence-electron chi connectivity index (χ4n) is 2.14. The second-order valence-electron chi connectivity index (χ2n) is 4.93. The molecule has 1 unspecified atom stereocenters. The van der Waals surface area contributed by atoms with Crippen LogP contribution in [0.5, 0.6) is 0 Å². The standard InChI is InChI=1S/C14H2F12O/c15-4-1(5(16)9(20)3(8(4)19)14(24,25)26)13(27)2-6(17)10(21)12(23)11(22)7(2)18/h13,27H. The molecule has 2 rings (SSSR count). The number of rotatable bonds is 2. The molecule has 0 saturated carbocycles. The van der Waals surface area contributed by atoms with Gasteiger partial charge in [-0.3, -0.25) is 0 Å². The van der Waals surface area contributed by atoms with Crippen LogP contribution in [0.4, 0.5) is 52.7 Å². The molecule has 0 aromatic heterocycles. The molecule has 0 aliphatic rings. The summed E-state index contributed by atoms with van der Waals surface area (Å²) >= 11 is 0. The Kier molecular flexibility index (Phi) is 5.12. The number of aliphatic hydroxyl groups excluding tert-OH is 1. The first-order valence-corrected chi connectivity index (χ1v) is 6.35. The molecule has 0 heterocycles. The minimum Gasteiger partial charge on any atom is -0.383 e. The van der Waals surface area contributed by atoms with Gasteiger partial charge in [-0.2, -0.15) is 13.2 Å². The molecule has 0 saturated heterocycles. The second-order valence-corrected chi connectivity index (χ2v) is 4.93. The summed E-state index contributed by atoms with van der Waals surface area (Å²) in [5.41, 5.74) is -7.82. The lowest BCUT2D eigenvalue weighted by molar-refractivity contribution is -0.143. The van der Waals surface area contributed by atoms with E-state index in [1.807, 2.05) is 0 Å². The molecule has 0 amide bonds. The Balaban J connectivity index is 2.86. The van der Waals surface area contributed by atoms with Crippen LogP contribution in [0.25, 0.3) is 0 Å². The monoisotopic (exact) mass is 414 g/mol. The molecule has 0 fully saturated rings. The lowest BCUT2D eigenvalue weighted by Crippen LogP contribution is -2.20. The van der Waals surface area contributed by atoms with Crippen molar-refractivity contribution < 1.29 is 57.8 Å². The van der Waals surface area contributed by atoms with Crippen LogP contribution in [-0.4, -0.2) is 5.11 Å². The fraction of sp³-hybridized carbons (Fsp3) is 0.143. The van der Waals surface area contributed by atoms with Gasteiger partial charge in [-0.1, -0.05) is 0 Å². The topological polar surface area (TPSA) is 20.2 Å². The Morgan fingerprint density at radius 3 is 1.04 bits per heavy atom. The first-order valence-electron chi connectivity index (χ1n) is 6.35. The molecule has 2 aromatic rings. The third kappa shape index (κ3) is 3.09. The van der Waals surface area contributed by atoms with Crippen molar-refractivity contribution >= 4 is 0 Å². The number of benzene rings is 2. The zero-order valence-electron chi connectivity index (χ0n) is 12.1. The van der Waals surface area contributed by atoms with Gasteiger partial charge in [0.2, 0.25) is 5.82 Å². The normalized spacial score (nSPS) is 13.2. The Labute approximate surface area is 140 Å². The van der Waals surface area contributed by atoms with Crippen LogP contribution in [0.1, 0.15) is 22.8 Å². The SMILES string of the molecule is OC(c1c(F)c(F)c(F)c(F)c1F)c1c(F)c(F)c(C(F)(F)F)c(F)c1F. The molecule has 0 bridgehead atoms. The summed E-state index contributed by atoms with van der Waals surface area (Å²) in [5, 5.41) is 9.57. The van der Waals surface area contributed by atoms with Gasteiger partial charge in [0.1, 0.15) is 11.7 Å². The largest absolute Gasteiger partial charge is 0.422 e. The quantitative estimate of drug-likeness (QED) is 0.415. The van der Waals surface area contributed by atoms with Crippen molar-refractivity contribution in [1.82, 2.24) is 0 Å². The van der Waals surface area contributed by atoms with E-state index < -0.39 is 81.3 Å². The first-order chi connectivity index (χ1) is 12.2. The van der Waals surface area contributed by atoms with E-state index in [0.29, 0.717) is 0 Å². The third-order valence-electron chi connectivity index (χ3n) is 3.37. The van der Waals surface area contributed by atoms with Crippen molar-refractivity contribution in [3.05, 3.63) is 69.0 Å². The maximum Gasteiger partial charge on any atom is 0.422 e. The Bertz CT molecular complexity index is 875. The molecule has 27 heavy (non-hydrogen) atoms. The van der Waals surface area contributed by atoms with Gasteiger partial charge < -0.3 is 5.11 Å². The third-order valence-corrected chi connectivity index (χ3v) is 3.37. The van der Waals surface area contributed by atoms with Gasteiger partial charge in [0, 0.05) is 0 Å². The lowest BCUT2D eigenvalue weighted by atomic mass is 9.96. The smallest absolute Gasteiger partial charge is 0.383 e. The molecule has 1 atom stereocenters. The van der Waals surface area contributed by atoms with Gasteiger partial charge in [0.15, 0.2) is 46.5 Å². The summed E-state index contributed by atoms with van der Waals surface area (Å²) in [6.07, 6.45) is -9.54. The average Bonchev–Trinajstić information content (AvgIpc) is 2.56. The van der Waals surface area contributed by atoms with Crippen molar-refractivity contribution in [2.45, 2.75) is 12.3 Å². The Morgan fingerprint density at radius 1 is 0.481 bits per heavy atom. The summed E-state index contributed by atoms with van der Waals surface area (Å²) < 4.78 is 158. The van der Waals surface area contributed by atoms with E-state index in [-0.39, 0.29) is 0 Å². The number of hydrogen-bond donors (Lipinski definition) is 1. The van der Waals surface area contributed by atoms with E-state index in [1.165, 1.54) is 0 Å². The van der Waals surface area contributed by atoms with E-state index in [9.17, 15) is 57.8 Å². The molecule has 2 aromatic carbocycles. The van der Waals surface area contributed by atoms with Crippen LogP contribution in [0.3, 0.4) is 0 Å². The maximum absolute atomic E-state index is 13.8. The van der Waals surface area contributed by atoms with Crippen LogP contribution in [0.2, 0.25) is 0 Å². The van der Waals surface area contributed by atoms with Gasteiger partial charge in [0.25, 0.3) is 0 Å². The van der Waals surface area contributed by atoms with Gasteiger partial charge in [-0.25, -0.2) is 39.5 Å². The van der Waals surface area contributed by atoms with E-state index in [2.05, 4.69) is 0 Å². The van der Waals surface area contributed by atoms with Gasteiger partial charge in [-0.15, -0.1) is 0 Å². The summed E-state index contributed by atoms with van der Waals surface area (Å²) in [6, 6.07) is 0. The van der Waals surface area contributed by atoms with Gasteiger partial charge >= 0.3 is 6.18 Å². The van der Waals surface area contributed by atoms with E-state index in [1.54, 1.807) is 0 Å². The number of alkyl halides is 3. The van der Waals surface area contributed by atoms with Crippen molar-refractivity contribution in [3.63, 3.8) is 0 Å². The zero-order valence-corrected chi connectivity index (χ0v) is 12.1. The molecule has 148 valence electrons. The number of halogens is 12. The molecule has 0 radical (unpaired) electrons. The minimum atomic E-state index is -5.95. The molecule has 13 heteroatoms. The van der Waals surface area contributed by atoms with Gasteiger partial charge in [-0.05, 0) is 0 Å². The molecule has 0 aliphatic carbocycles. The van der Waals surface area contributed by atoms with Gasteiger partial charge in [0.05, 0.1) is 11.1 Å².